The zero-order valence-corrected chi connectivity index (χ0v) is 11.9. The first-order chi connectivity index (χ1) is 9.19. The second-order valence-corrected chi connectivity index (χ2v) is 5.91. The Morgan fingerprint density at radius 2 is 2.21 bits per heavy atom. The van der Waals surface area contributed by atoms with Crippen LogP contribution >= 0.6 is 0 Å². The number of carbonyl (C=O) groups is 1. The number of nitrogens with one attached hydrogen (secondary N) is 1. The molecule has 1 atom stereocenters. The summed E-state index contributed by atoms with van der Waals surface area (Å²) in [6.45, 7) is 3.89. The second kappa shape index (κ2) is 6.42. The molecule has 2 aliphatic rings. The fraction of sp³-hybridized carbons (Fsp3) is 0.800. The molecule has 2 N–H and O–H groups in total. The molecule has 0 radical (unpaired) electrons. The van der Waals surface area contributed by atoms with Crippen molar-refractivity contribution in [3.8, 4) is 0 Å². The molecule has 0 aromatic heterocycles. The highest BCUT2D eigenvalue weighted by Crippen LogP contribution is 2.34. The molecule has 0 bridgehead atoms. The predicted octanol–water partition coefficient (Wildman–Crippen LogP) is 2.29. The van der Waals surface area contributed by atoms with E-state index in [-0.39, 0.29) is 24.1 Å². The third-order valence-corrected chi connectivity index (χ3v) is 4.76. The van der Waals surface area contributed by atoms with Crippen LogP contribution in [-0.2, 0) is 0 Å². The smallest absolute Gasteiger partial charge is 0.317 e. The molecule has 2 rings (SSSR count). The molecular weight excluding hydrogens is 240 g/mol. The van der Waals surface area contributed by atoms with Gasteiger partial charge in [-0.15, -0.1) is 0 Å². The lowest BCUT2D eigenvalue weighted by atomic mass is 9.77. The zero-order valence-electron chi connectivity index (χ0n) is 11.9. The highest BCUT2D eigenvalue weighted by molar-refractivity contribution is 5.74. The average Bonchev–Trinajstić information content (AvgIpc) is 2.48. The van der Waals surface area contributed by atoms with Crippen molar-refractivity contribution >= 4 is 6.03 Å². The van der Waals surface area contributed by atoms with Gasteiger partial charge in [-0.2, -0.15) is 0 Å². The molecule has 0 aromatic carbocycles. The Labute approximate surface area is 115 Å². The van der Waals surface area contributed by atoms with Gasteiger partial charge in [0, 0.05) is 25.7 Å². The number of aliphatic hydroxyl groups is 1. The summed E-state index contributed by atoms with van der Waals surface area (Å²) in [7, 11) is 0. The number of piperidine rings is 1. The number of hydrogen-bond donors (Lipinski definition) is 2. The lowest BCUT2D eigenvalue weighted by Gasteiger charge is -2.40. The minimum atomic E-state index is 0.0432. The lowest BCUT2D eigenvalue weighted by molar-refractivity contribution is 0.0516. The maximum atomic E-state index is 12.2. The van der Waals surface area contributed by atoms with Crippen LogP contribution in [0.3, 0.4) is 0 Å². The maximum Gasteiger partial charge on any atom is 0.317 e. The van der Waals surface area contributed by atoms with Crippen LogP contribution in [0.25, 0.3) is 0 Å². The quantitative estimate of drug-likeness (QED) is 0.770. The van der Waals surface area contributed by atoms with E-state index in [0.29, 0.717) is 0 Å². The first-order valence-electron chi connectivity index (χ1n) is 7.52. The number of carbonyl (C=O) groups excluding carboxylic acids is 1. The van der Waals surface area contributed by atoms with Gasteiger partial charge in [0.1, 0.15) is 0 Å². The molecule has 1 fully saturated rings. The molecule has 108 valence electrons. The van der Waals surface area contributed by atoms with Crippen molar-refractivity contribution in [1.29, 1.82) is 0 Å². The monoisotopic (exact) mass is 266 g/mol. The Morgan fingerprint density at radius 3 is 2.74 bits per heavy atom. The van der Waals surface area contributed by atoms with Crippen LogP contribution in [0.2, 0.25) is 0 Å². The molecule has 19 heavy (non-hydrogen) atoms. The molecule has 0 aromatic rings. The summed E-state index contributed by atoms with van der Waals surface area (Å²) in [5.74, 6) is 0. The number of allylic oxidation sites excluding steroid dienone is 1. The number of likely N-dealkylation sites (tertiary alicyclic amines) is 1. The Morgan fingerprint density at radius 1 is 1.47 bits per heavy atom. The summed E-state index contributed by atoms with van der Waals surface area (Å²) >= 11 is 0. The van der Waals surface area contributed by atoms with Crippen molar-refractivity contribution in [2.45, 2.75) is 51.5 Å². The predicted molar refractivity (Wildman–Crippen MR) is 75.9 cm³/mol. The van der Waals surface area contributed by atoms with Gasteiger partial charge in [0.15, 0.2) is 0 Å². The molecule has 1 unspecified atom stereocenters. The molecule has 4 heteroatoms. The van der Waals surface area contributed by atoms with Crippen LogP contribution in [0, 0.1) is 5.41 Å². The molecule has 1 saturated heterocycles. The fourth-order valence-electron chi connectivity index (χ4n) is 2.99. The molecule has 1 aliphatic heterocycles. The summed E-state index contributed by atoms with van der Waals surface area (Å²) in [6, 6.07) is 0.260. The standard InChI is InChI=1S/C15H26N2O2/c1-2-15(12-18)8-10-17(11-9-15)14(19)16-13-6-4-3-5-7-13/h4,6,13,18H,2-3,5,7-12H2,1H3,(H,16,19). The molecule has 0 saturated carbocycles. The minimum Gasteiger partial charge on any atom is -0.396 e. The molecule has 2 amide bonds. The van der Waals surface area contributed by atoms with E-state index < -0.39 is 0 Å². The second-order valence-electron chi connectivity index (χ2n) is 5.91. The van der Waals surface area contributed by atoms with Crippen LogP contribution in [-0.4, -0.2) is 41.8 Å². The molecule has 1 heterocycles. The Balaban J connectivity index is 1.82. The van der Waals surface area contributed by atoms with Gasteiger partial charge in [-0.3, -0.25) is 0 Å². The number of amides is 2. The maximum absolute atomic E-state index is 12.2. The van der Waals surface area contributed by atoms with E-state index in [1.807, 2.05) is 4.90 Å². The highest BCUT2D eigenvalue weighted by atomic mass is 16.3. The van der Waals surface area contributed by atoms with E-state index in [4.69, 9.17) is 0 Å². The zero-order chi connectivity index (χ0) is 13.7. The molecule has 0 spiro atoms. The van der Waals surface area contributed by atoms with E-state index in [1.165, 1.54) is 0 Å². The Kier molecular flexibility index (Phi) is 4.86. The van der Waals surface area contributed by atoms with E-state index in [0.717, 1.165) is 51.6 Å². The van der Waals surface area contributed by atoms with Gasteiger partial charge < -0.3 is 15.3 Å². The number of hydrogen-bond acceptors (Lipinski definition) is 2. The van der Waals surface area contributed by atoms with E-state index in [1.54, 1.807) is 0 Å². The molecular formula is C15H26N2O2. The van der Waals surface area contributed by atoms with Crippen molar-refractivity contribution < 1.29 is 9.90 Å². The van der Waals surface area contributed by atoms with Crippen LogP contribution in [0.1, 0.15) is 45.4 Å². The summed E-state index contributed by atoms with van der Waals surface area (Å²) in [6.07, 6.45) is 10.4. The van der Waals surface area contributed by atoms with Crippen LogP contribution < -0.4 is 5.32 Å². The third kappa shape index (κ3) is 3.50. The molecule has 4 nitrogen and oxygen atoms in total. The summed E-state index contributed by atoms with van der Waals surface area (Å²) in [5, 5.41) is 12.6. The van der Waals surface area contributed by atoms with Crippen molar-refractivity contribution in [2.75, 3.05) is 19.7 Å². The van der Waals surface area contributed by atoms with Gasteiger partial charge in [-0.25, -0.2) is 4.79 Å². The first kappa shape index (κ1) is 14.4. The van der Waals surface area contributed by atoms with Crippen LogP contribution in [0.5, 0.6) is 0 Å². The first-order valence-corrected chi connectivity index (χ1v) is 7.52. The number of nitrogens with zero attached hydrogens (tertiary/aromatic N) is 1. The minimum absolute atomic E-state index is 0.0432. The summed E-state index contributed by atoms with van der Waals surface area (Å²) < 4.78 is 0. The normalized spacial score (nSPS) is 26.2. The van der Waals surface area contributed by atoms with E-state index in [2.05, 4.69) is 24.4 Å². The number of rotatable bonds is 3. The largest absolute Gasteiger partial charge is 0.396 e. The summed E-state index contributed by atoms with van der Waals surface area (Å²) in [5.41, 5.74) is 0.0432. The number of aliphatic hydroxyl groups excluding tert-OH is 1. The Bertz CT molecular complexity index is 327. The lowest BCUT2D eigenvalue weighted by Crippen LogP contribution is -2.50. The van der Waals surface area contributed by atoms with Gasteiger partial charge in [-0.1, -0.05) is 19.1 Å². The van der Waals surface area contributed by atoms with E-state index in [9.17, 15) is 9.90 Å². The highest BCUT2D eigenvalue weighted by Gasteiger charge is 2.34. The van der Waals surface area contributed by atoms with Gasteiger partial charge in [0.2, 0.25) is 0 Å². The van der Waals surface area contributed by atoms with Gasteiger partial charge in [0.25, 0.3) is 0 Å². The third-order valence-electron chi connectivity index (χ3n) is 4.76. The van der Waals surface area contributed by atoms with Crippen molar-refractivity contribution in [2.24, 2.45) is 5.41 Å². The fourth-order valence-corrected chi connectivity index (χ4v) is 2.99. The van der Waals surface area contributed by atoms with Crippen molar-refractivity contribution in [1.82, 2.24) is 10.2 Å². The van der Waals surface area contributed by atoms with Crippen LogP contribution in [0.4, 0.5) is 4.79 Å². The summed E-state index contributed by atoms with van der Waals surface area (Å²) in [4.78, 5) is 14.1. The van der Waals surface area contributed by atoms with Gasteiger partial charge in [-0.05, 0) is 43.9 Å². The van der Waals surface area contributed by atoms with Crippen molar-refractivity contribution in [3.05, 3.63) is 12.2 Å². The van der Waals surface area contributed by atoms with Crippen LogP contribution in [0.15, 0.2) is 12.2 Å². The topological polar surface area (TPSA) is 52.6 Å². The number of urea groups is 1. The van der Waals surface area contributed by atoms with Crippen molar-refractivity contribution in [3.63, 3.8) is 0 Å². The Hall–Kier alpha value is -1.03. The SMILES string of the molecule is CCC1(CO)CCN(C(=O)NC2C=CCCC2)CC1. The average molecular weight is 266 g/mol. The molecule has 1 aliphatic carbocycles. The van der Waals surface area contributed by atoms with Gasteiger partial charge in [0.05, 0.1) is 0 Å². The van der Waals surface area contributed by atoms with E-state index >= 15 is 0 Å². The van der Waals surface area contributed by atoms with Gasteiger partial charge >= 0.3 is 6.03 Å².